The van der Waals surface area contributed by atoms with Crippen LogP contribution in [0.3, 0.4) is 0 Å². The molecule has 0 unspecified atom stereocenters. The van der Waals surface area contributed by atoms with Crippen molar-refractivity contribution < 1.29 is 9.53 Å². The molecule has 8 heteroatoms. The van der Waals surface area contributed by atoms with Gasteiger partial charge in [-0.05, 0) is 69.2 Å². The van der Waals surface area contributed by atoms with E-state index in [4.69, 9.17) is 39.5 Å². The smallest absolute Gasteiger partial charge is 0.181 e. The fourth-order valence-corrected chi connectivity index (χ4v) is 3.90. The normalized spacial score (nSPS) is 11.2. The van der Waals surface area contributed by atoms with Crippen LogP contribution >= 0.6 is 34.8 Å². The second-order valence-electron chi connectivity index (χ2n) is 7.47. The zero-order chi connectivity index (χ0) is 22.5. The van der Waals surface area contributed by atoms with E-state index in [1.807, 2.05) is 45.0 Å². The van der Waals surface area contributed by atoms with Gasteiger partial charge in [0.15, 0.2) is 5.82 Å². The maximum atomic E-state index is 12.6. The number of nitrogens with zero attached hydrogens (tertiary/aromatic N) is 3. The molecule has 3 rings (SSSR count). The Morgan fingerprint density at radius 1 is 1.10 bits per heavy atom. The van der Waals surface area contributed by atoms with Crippen LogP contribution in [-0.2, 0) is 24.2 Å². The molecule has 0 aliphatic carbocycles. The van der Waals surface area contributed by atoms with Crippen molar-refractivity contribution in [3.8, 4) is 17.1 Å². The highest BCUT2D eigenvalue weighted by atomic mass is 35.5. The van der Waals surface area contributed by atoms with E-state index in [0.717, 1.165) is 11.1 Å². The summed E-state index contributed by atoms with van der Waals surface area (Å²) in [7, 11) is 0. The molecule has 0 atom stereocenters. The Morgan fingerprint density at radius 2 is 1.81 bits per heavy atom. The van der Waals surface area contributed by atoms with Gasteiger partial charge in [0.1, 0.15) is 17.4 Å². The van der Waals surface area contributed by atoms with Gasteiger partial charge in [0.25, 0.3) is 0 Å². The van der Waals surface area contributed by atoms with E-state index in [0.29, 0.717) is 51.9 Å². The first-order valence-electron chi connectivity index (χ1n) is 10.1. The molecule has 0 spiro atoms. The highest BCUT2D eigenvalue weighted by Crippen LogP contribution is 2.30. The van der Waals surface area contributed by atoms with Crippen LogP contribution in [0.1, 0.15) is 38.6 Å². The molecule has 0 amide bonds. The Morgan fingerprint density at radius 3 is 2.45 bits per heavy atom. The Hall–Kier alpha value is -2.08. The van der Waals surface area contributed by atoms with E-state index in [9.17, 15) is 4.79 Å². The quantitative estimate of drug-likeness (QED) is 0.353. The Bertz CT molecular complexity index is 1060. The molecule has 0 fully saturated rings. The van der Waals surface area contributed by atoms with Crippen molar-refractivity contribution in [3.63, 3.8) is 0 Å². The summed E-state index contributed by atoms with van der Waals surface area (Å²) in [6, 6.07) is 10.8. The van der Waals surface area contributed by atoms with Gasteiger partial charge in [0, 0.05) is 28.6 Å². The number of rotatable bonds is 9. The molecule has 0 bridgehead atoms. The van der Waals surface area contributed by atoms with Crippen LogP contribution in [0.2, 0.25) is 15.1 Å². The summed E-state index contributed by atoms with van der Waals surface area (Å²) in [6.45, 7) is 6.46. The van der Waals surface area contributed by atoms with Gasteiger partial charge in [-0.1, -0.05) is 34.8 Å². The number of ether oxygens (including phenoxy) is 1. The zero-order valence-electron chi connectivity index (χ0n) is 17.7. The van der Waals surface area contributed by atoms with Crippen molar-refractivity contribution in [2.75, 3.05) is 0 Å². The first kappa shape index (κ1) is 23.6. The third-order valence-electron chi connectivity index (χ3n) is 4.57. The molecule has 0 radical (unpaired) electrons. The van der Waals surface area contributed by atoms with Crippen molar-refractivity contribution in [3.05, 3.63) is 62.9 Å². The largest absolute Gasteiger partial charge is 0.489 e. The van der Waals surface area contributed by atoms with Crippen LogP contribution in [0.5, 0.6) is 5.75 Å². The highest BCUT2D eigenvalue weighted by Gasteiger charge is 2.16. The number of halogens is 3. The van der Waals surface area contributed by atoms with Gasteiger partial charge in [-0.3, -0.25) is 4.79 Å². The number of aromatic nitrogens is 3. The van der Waals surface area contributed by atoms with Gasteiger partial charge in [0.2, 0.25) is 0 Å². The van der Waals surface area contributed by atoms with Gasteiger partial charge < -0.3 is 4.74 Å². The Labute approximate surface area is 197 Å². The lowest BCUT2D eigenvalue weighted by molar-refractivity contribution is -0.118. The van der Waals surface area contributed by atoms with Crippen LogP contribution in [0.15, 0.2) is 36.4 Å². The van der Waals surface area contributed by atoms with E-state index in [2.05, 4.69) is 10.1 Å². The summed E-state index contributed by atoms with van der Waals surface area (Å²) in [4.78, 5) is 17.2. The van der Waals surface area contributed by atoms with Gasteiger partial charge in [-0.15, -0.1) is 0 Å². The Balaban J connectivity index is 1.73. The molecule has 5 nitrogen and oxygen atoms in total. The summed E-state index contributed by atoms with van der Waals surface area (Å²) < 4.78 is 7.51. The molecule has 0 aliphatic rings. The summed E-state index contributed by atoms with van der Waals surface area (Å²) in [5, 5.41) is 6.22. The Kier molecular flexibility index (Phi) is 7.98. The second kappa shape index (κ2) is 10.5. The third-order valence-corrected chi connectivity index (χ3v) is 5.32. The van der Waals surface area contributed by atoms with Crippen molar-refractivity contribution in [2.45, 2.75) is 52.7 Å². The maximum Gasteiger partial charge on any atom is 0.181 e. The summed E-state index contributed by atoms with van der Waals surface area (Å²) in [6.07, 6.45) is 1.14. The van der Waals surface area contributed by atoms with Crippen LogP contribution in [0.4, 0.5) is 0 Å². The molecule has 2 aromatic carbocycles. The van der Waals surface area contributed by atoms with Gasteiger partial charge in [-0.25, -0.2) is 9.67 Å². The fourth-order valence-electron chi connectivity index (χ4n) is 3.17. The molecule has 164 valence electrons. The first-order valence-corrected chi connectivity index (χ1v) is 11.3. The average molecular weight is 481 g/mol. The van der Waals surface area contributed by atoms with Crippen molar-refractivity contribution in [1.29, 1.82) is 0 Å². The van der Waals surface area contributed by atoms with Crippen LogP contribution in [0, 0.1) is 0 Å². The van der Waals surface area contributed by atoms with E-state index in [1.165, 1.54) is 0 Å². The summed E-state index contributed by atoms with van der Waals surface area (Å²) >= 11 is 18.3. The van der Waals surface area contributed by atoms with E-state index in [1.54, 1.807) is 16.8 Å². The average Bonchev–Trinajstić information content (AvgIpc) is 3.10. The number of ketones is 1. The van der Waals surface area contributed by atoms with Crippen LogP contribution in [-0.4, -0.2) is 26.7 Å². The van der Waals surface area contributed by atoms with E-state index < -0.39 is 0 Å². The molecular formula is C23H24Cl3N3O2. The molecule has 1 heterocycles. The minimum absolute atomic E-state index is 0.00327. The predicted octanol–water partition coefficient (Wildman–Crippen LogP) is 6.46. The number of benzene rings is 2. The first-order chi connectivity index (χ1) is 14.7. The van der Waals surface area contributed by atoms with E-state index >= 15 is 0 Å². The lowest BCUT2D eigenvalue weighted by Gasteiger charge is -2.11. The minimum Gasteiger partial charge on any atom is -0.489 e. The lowest BCUT2D eigenvalue weighted by atomic mass is 10.1. The fraction of sp³-hybridized carbons (Fsp3) is 0.348. The van der Waals surface area contributed by atoms with Gasteiger partial charge >= 0.3 is 0 Å². The number of hydrogen-bond acceptors (Lipinski definition) is 4. The summed E-state index contributed by atoms with van der Waals surface area (Å²) in [5.41, 5.74) is 1.72. The SMILES string of the molecule is CCn1nc(-c2ccc(Cl)c(OC(C)C)c2)nc1CC(=O)CCc1cc(Cl)cc(Cl)c1. The number of hydrogen-bond donors (Lipinski definition) is 0. The topological polar surface area (TPSA) is 57.0 Å². The number of Topliss-reactive ketones (excluding diaryl/α,β-unsaturated/α-hetero) is 1. The van der Waals surface area contributed by atoms with E-state index in [-0.39, 0.29) is 18.3 Å². The van der Waals surface area contributed by atoms with Crippen LogP contribution < -0.4 is 4.74 Å². The van der Waals surface area contributed by atoms with Gasteiger partial charge in [-0.2, -0.15) is 5.10 Å². The monoisotopic (exact) mass is 479 g/mol. The minimum atomic E-state index is -0.00327. The number of carbonyl (C=O) groups excluding carboxylic acids is 1. The zero-order valence-corrected chi connectivity index (χ0v) is 19.9. The summed E-state index contributed by atoms with van der Waals surface area (Å²) in [5.74, 6) is 1.83. The number of aryl methyl sites for hydroxylation is 2. The van der Waals surface area contributed by atoms with Crippen molar-refractivity contribution in [1.82, 2.24) is 14.8 Å². The predicted molar refractivity (Wildman–Crippen MR) is 125 cm³/mol. The highest BCUT2D eigenvalue weighted by molar-refractivity contribution is 6.34. The second-order valence-corrected chi connectivity index (χ2v) is 8.75. The van der Waals surface area contributed by atoms with Gasteiger partial charge in [0.05, 0.1) is 17.5 Å². The lowest BCUT2D eigenvalue weighted by Crippen LogP contribution is -2.11. The molecule has 31 heavy (non-hydrogen) atoms. The standard InChI is InChI=1S/C23H24Cl3N3O2/c1-4-29-22(13-19(30)7-5-15-9-17(24)12-18(25)10-15)27-23(28-29)16-6-8-20(26)21(11-16)31-14(2)3/h6,8-12,14H,4-5,7,13H2,1-3H3. The van der Waals surface area contributed by atoms with Crippen LogP contribution in [0.25, 0.3) is 11.4 Å². The molecule has 0 saturated carbocycles. The molecule has 0 saturated heterocycles. The molecule has 0 aliphatic heterocycles. The molecule has 3 aromatic rings. The number of carbonyl (C=O) groups is 1. The molecular weight excluding hydrogens is 457 g/mol. The maximum absolute atomic E-state index is 12.6. The van der Waals surface area contributed by atoms with Crippen molar-refractivity contribution in [2.24, 2.45) is 0 Å². The third kappa shape index (κ3) is 6.45. The molecule has 1 aromatic heterocycles. The van der Waals surface area contributed by atoms with Crippen molar-refractivity contribution >= 4 is 40.6 Å². The molecule has 0 N–H and O–H groups in total.